The minimum atomic E-state index is -1.59. The van der Waals surface area contributed by atoms with Crippen LogP contribution in [-0.4, -0.2) is 12.3 Å². The number of hydrogen-bond acceptors (Lipinski definition) is 2. The molecule has 0 aliphatic heterocycles. The largest absolute Gasteiger partial charge is 0.324 e. The second-order valence-electron chi connectivity index (χ2n) is 2.38. The van der Waals surface area contributed by atoms with Crippen LogP contribution in [0.25, 0.3) is 0 Å². The number of nitrogens with two attached hydrogens (primary N) is 1. The normalized spacial score (nSPS) is 9.43. The molecule has 14 heavy (non-hydrogen) atoms. The maximum atomic E-state index is 12.5. The van der Waals surface area contributed by atoms with Crippen molar-refractivity contribution in [3.8, 4) is 0 Å². The summed E-state index contributed by atoms with van der Waals surface area (Å²) in [5.74, 6) is -5.01. The van der Waals surface area contributed by atoms with Crippen LogP contribution in [0.3, 0.4) is 0 Å². The summed E-state index contributed by atoms with van der Waals surface area (Å²) in [7, 11) is 0. The van der Waals surface area contributed by atoms with Gasteiger partial charge in [0.05, 0.1) is 6.54 Å². The van der Waals surface area contributed by atoms with Gasteiger partial charge in [-0.3, -0.25) is 4.79 Å². The van der Waals surface area contributed by atoms with E-state index in [1.807, 2.05) is 0 Å². The Bertz CT molecular complexity index is 333. The molecule has 0 heterocycles. The first-order valence-corrected chi connectivity index (χ1v) is 3.44. The van der Waals surface area contributed by atoms with Crippen LogP contribution in [0, 0.1) is 17.5 Å². The maximum Gasteiger partial charge on any atom is 0.194 e. The Morgan fingerprint density at radius 2 is 1.64 bits per heavy atom. The summed E-state index contributed by atoms with van der Waals surface area (Å²) in [6.07, 6.45) is 0. The molecule has 0 radical (unpaired) electrons. The SMILES string of the molecule is Cl.NCC(=O)c1cc(F)c(F)c(F)c1. The van der Waals surface area contributed by atoms with Crippen molar-refractivity contribution in [3.05, 3.63) is 35.1 Å². The van der Waals surface area contributed by atoms with E-state index in [0.29, 0.717) is 12.1 Å². The minimum Gasteiger partial charge on any atom is -0.324 e. The smallest absolute Gasteiger partial charge is 0.194 e. The zero-order valence-electron chi connectivity index (χ0n) is 6.89. The Labute approximate surface area is 84.3 Å². The van der Waals surface area contributed by atoms with E-state index in [1.54, 1.807) is 0 Å². The number of carbonyl (C=O) groups is 1. The van der Waals surface area contributed by atoms with Crippen LogP contribution in [0.15, 0.2) is 12.1 Å². The van der Waals surface area contributed by atoms with Crippen LogP contribution in [0.4, 0.5) is 13.2 Å². The van der Waals surface area contributed by atoms with E-state index >= 15 is 0 Å². The van der Waals surface area contributed by atoms with Crippen molar-refractivity contribution in [1.29, 1.82) is 0 Å². The molecule has 1 aromatic rings. The van der Waals surface area contributed by atoms with Crippen LogP contribution < -0.4 is 5.73 Å². The monoisotopic (exact) mass is 225 g/mol. The third kappa shape index (κ3) is 2.46. The van der Waals surface area contributed by atoms with Crippen LogP contribution in [-0.2, 0) is 0 Å². The van der Waals surface area contributed by atoms with Gasteiger partial charge in [0.1, 0.15) is 0 Å². The molecule has 0 saturated heterocycles. The zero-order valence-corrected chi connectivity index (χ0v) is 7.71. The summed E-state index contributed by atoms with van der Waals surface area (Å²) in [5.41, 5.74) is 4.69. The zero-order chi connectivity index (χ0) is 10.0. The number of Topliss-reactive ketones (excluding diaryl/α,β-unsaturated/α-hetero) is 1. The third-order valence-electron chi connectivity index (χ3n) is 1.49. The van der Waals surface area contributed by atoms with Crippen molar-refractivity contribution < 1.29 is 18.0 Å². The molecule has 1 aromatic carbocycles. The molecule has 0 saturated carbocycles. The fraction of sp³-hybridized carbons (Fsp3) is 0.125. The van der Waals surface area contributed by atoms with Gasteiger partial charge in [-0.15, -0.1) is 12.4 Å². The van der Waals surface area contributed by atoms with E-state index in [9.17, 15) is 18.0 Å². The molecule has 1 rings (SSSR count). The lowest BCUT2D eigenvalue weighted by atomic mass is 10.1. The van der Waals surface area contributed by atoms with Crippen molar-refractivity contribution in [2.75, 3.05) is 6.54 Å². The van der Waals surface area contributed by atoms with Crippen LogP contribution in [0.2, 0.25) is 0 Å². The number of ketones is 1. The summed E-state index contributed by atoms with van der Waals surface area (Å²) in [6, 6.07) is 1.24. The highest BCUT2D eigenvalue weighted by Gasteiger charge is 2.13. The van der Waals surface area contributed by atoms with Crippen molar-refractivity contribution >= 4 is 18.2 Å². The van der Waals surface area contributed by atoms with E-state index in [4.69, 9.17) is 5.73 Å². The fourth-order valence-electron chi connectivity index (χ4n) is 0.834. The van der Waals surface area contributed by atoms with Crippen LogP contribution >= 0.6 is 12.4 Å². The quantitative estimate of drug-likeness (QED) is 0.615. The number of halogens is 4. The summed E-state index contributed by atoms with van der Waals surface area (Å²) in [4.78, 5) is 10.8. The molecule has 0 bridgehead atoms. The molecule has 0 fully saturated rings. The van der Waals surface area contributed by atoms with E-state index in [-0.39, 0.29) is 24.5 Å². The second kappa shape index (κ2) is 4.97. The van der Waals surface area contributed by atoms with Gasteiger partial charge in [0, 0.05) is 5.56 Å². The molecular formula is C8H7ClF3NO. The van der Waals surface area contributed by atoms with Crippen molar-refractivity contribution in [2.45, 2.75) is 0 Å². The predicted molar refractivity (Wildman–Crippen MR) is 46.9 cm³/mol. The number of carbonyl (C=O) groups excluding carboxylic acids is 1. The second-order valence-corrected chi connectivity index (χ2v) is 2.38. The van der Waals surface area contributed by atoms with Gasteiger partial charge in [-0.25, -0.2) is 13.2 Å². The number of benzene rings is 1. The summed E-state index contributed by atoms with van der Waals surface area (Å²) < 4.78 is 37.4. The Hall–Kier alpha value is -1.07. The molecule has 78 valence electrons. The Morgan fingerprint density at radius 3 is 2.00 bits per heavy atom. The molecule has 0 unspecified atom stereocenters. The Morgan fingerprint density at radius 1 is 1.21 bits per heavy atom. The Kier molecular flexibility index (Phi) is 4.59. The van der Waals surface area contributed by atoms with Gasteiger partial charge in [-0.2, -0.15) is 0 Å². The lowest BCUT2D eigenvalue weighted by Gasteiger charge is -1.99. The molecule has 0 aromatic heterocycles. The summed E-state index contributed by atoms with van der Waals surface area (Å²) in [5, 5.41) is 0. The molecule has 6 heteroatoms. The van der Waals surface area contributed by atoms with Gasteiger partial charge in [0.2, 0.25) is 0 Å². The standard InChI is InChI=1S/C8H6F3NO.ClH/c9-5-1-4(7(13)3-12)2-6(10)8(5)11;/h1-2H,3,12H2;1H. The molecule has 2 N–H and O–H groups in total. The topological polar surface area (TPSA) is 43.1 Å². The van der Waals surface area contributed by atoms with Crippen LogP contribution in [0.1, 0.15) is 10.4 Å². The van der Waals surface area contributed by atoms with Gasteiger partial charge in [-0.1, -0.05) is 0 Å². The van der Waals surface area contributed by atoms with Gasteiger partial charge in [-0.05, 0) is 12.1 Å². The molecule has 0 atom stereocenters. The van der Waals surface area contributed by atoms with E-state index in [2.05, 4.69) is 0 Å². The molecule has 0 aliphatic carbocycles. The highest BCUT2D eigenvalue weighted by molar-refractivity contribution is 5.97. The van der Waals surface area contributed by atoms with Crippen molar-refractivity contribution in [3.63, 3.8) is 0 Å². The molecule has 0 amide bonds. The summed E-state index contributed by atoms with van der Waals surface area (Å²) in [6.45, 7) is -0.371. The van der Waals surface area contributed by atoms with Crippen molar-refractivity contribution in [2.24, 2.45) is 5.73 Å². The first kappa shape index (κ1) is 12.9. The maximum absolute atomic E-state index is 12.5. The molecule has 2 nitrogen and oxygen atoms in total. The molecule has 0 aliphatic rings. The van der Waals surface area contributed by atoms with E-state index in [1.165, 1.54) is 0 Å². The molecule has 0 spiro atoms. The Balaban J connectivity index is 0.00000169. The predicted octanol–water partition coefficient (Wildman–Crippen LogP) is 1.67. The first-order valence-electron chi connectivity index (χ1n) is 3.44. The van der Waals surface area contributed by atoms with Crippen LogP contribution in [0.5, 0.6) is 0 Å². The highest BCUT2D eigenvalue weighted by Crippen LogP contribution is 2.13. The van der Waals surface area contributed by atoms with Gasteiger partial charge in [0.15, 0.2) is 23.2 Å². The minimum absolute atomic E-state index is 0. The average Bonchev–Trinajstić information content (AvgIpc) is 2.12. The van der Waals surface area contributed by atoms with E-state index < -0.39 is 23.2 Å². The van der Waals surface area contributed by atoms with Gasteiger partial charge >= 0.3 is 0 Å². The number of rotatable bonds is 2. The number of hydrogen-bond donors (Lipinski definition) is 1. The van der Waals surface area contributed by atoms with Gasteiger partial charge < -0.3 is 5.73 Å². The van der Waals surface area contributed by atoms with Gasteiger partial charge in [0.25, 0.3) is 0 Å². The fourth-order valence-corrected chi connectivity index (χ4v) is 0.834. The third-order valence-corrected chi connectivity index (χ3v) is 1.49. The lowest BCUT2D eigenvalue weighted by Crippen LogP contribution is -2.14. The molecular weight excluding hydrogens is 219 g/mol. The van der Waals surface area contributed by atoms with Crippen molar-refractivity contribution in [1.82, 2.24) is 0 Å². The lowest BCUT2D eigenvalue weighted by molar-refractivity contribution is 0.100. The first-order chi connectivity index (χ1) is 6.06. The summed E-state index contributed by atoms with van der Waals surface area (Å²) >= 11 is 0. The van der Waals surface area contributed by atoms with E-state index in [0.717, 1.165) is 0 Å². The average molecular weight is 226 g/mol. The highest BCUT2D eigenvalue weighted by atomic mass is 35.5.